The van der Waals surface area contributed by atoms with E-state index in [4.69, 9.17) is 5.73 Å². The van der Waals surface area contributed by atoms with Crippen LogP contribution in [0.4, 0.5) is 11.4 Å². The van der Waals surface area contributed by atoms with E-state index in [1.54, 1.807) is 6.20 Å². The molecule has 0 saturated heterocycles. The van der Waals surface area contributed by atoms with Gasteiger partial charge in [0.1, 0.15) is 0 Å². The number of nitrogens with two attached hydrogens (primary N) is 1. The normalized spacial score (nSPS) is 12.9. The maximum Gasteiger partial charge on any atom is 0.0954 e. The molecule has 2 rings (SSSR count). The van der Waals surface area contributed by atoms with Gasteiger partial charge >= 0.3 is 0 Å². The van der Waals surface area contributed by atoms with E-state index in [1.165, 1.54) is 0 Å². The topological polar surface area (TPSA) is 50.9 Å². The number of pyridine rings is 1. The number of hydrogen-bond acceptors (Lipinski definition) is 3. The highest BCUT2D eigenvalue weighted by Gasteiger charge is 2.10. The van der Waals surface area contributed by atoms with Crippen LogP contribution in [0, 0.1) is 11.8 Å². The van der Waals surface area contributed by atoms with E-state index in [-0.39, 0.29) is 0 Å². The molecule has 4 heteroatoms. The predicted molar refractivity (Wildman–Crippen MR) is 86.3 cm³/mol. The lowest BCUT2D eigenvalue weighted by molar-refractivity contribution is 0.440. The average molecular weight is 322 g/mol. The SMILES string of the molecule is CC(C)C(C)CNc1ccc(N)c2cc(Br)cnc12. The summed E-state index contributed by atoms with van der Waals surface area (Å²) in [4.78, 5) is 4.47. The van der Waals surface area contributed by atoms with Crippen LogP contribution < -0.4 is 11.1 Å². The first-order chi connectivity index (χ1) is 8.99. The number of nitrogens with zero attached hydrogens (tertiary/aromatic N) is 1. The fourth-order valence-corrected chi connectivity index (χ4v) is 2.20. The molecule has 0 bridgehead atoms. The van der Waals surface area contributed by atoms with Crippen LogP contribution in [0.15, 0.2) is 28.9 Å². The summed E-state index contributed by atoms with van der Waals surface area (Å²) < 4.78 is 0.944. The third-order valence-electron chi connectivity index (χ3n) is 3.60. The summed E-state index contributed by atoms with van der Waals surface area (Å²) in [5.41, 5.74) is 8.74. The minimum atomic E-state index is 0.614. The highest BCUT2D eigenvalue weighted by Crippen LogP contribution is 2.29. The van der Waals surface area contributed by atoms with Gasteiger partial charge in [0.05, 0.1) is 11.2 Å². The predicted octanol–water partition coefficient (Wildman–Crippen LogP) is 4.28. The highest BCUT2D eigenvalue weighted by molar-refractivity contribution is 9.10. The van der Waals surface area contributed by atoms with Crippen LogP contribution in [-0.2, 0) is 0 Å². The molecule has 0 saturated carbocycles. The molecule has 1 aromatic carbocycles. The van der Waals surface area contributed by atoms with Gasteiger partial charge in [-0.15, -0.1) is 0 Å². The van der Waals surface area contributed by atoms with Gasteiger partial charge in [0.15, 0.2) is 0 Å². The van der Waals surface area contributed by atoms with Crippen LogP contribution in [0.3, 0.4) is 0 Å². The zero-order valence-corrected chi connectivity index (χ0v) is 13.2. The second-order valence-corrected chi connectivity index (χ2v) is 6.27. The number of aromatic nitrogens is 1. The zero-order valence-electron chi connectivity index (χ0n) is 11.6. The van der Waals surface area contributed by atoms with Crippen LogP contribution in [0.25, 0.3) is 10.9 Å². The highest BCUT2D eigenvalue weighted by atomic mass is 79.9. The van der Waals surface area contributed by atoms with Gasteiger partial charge in [-0.1, -0.05) is 20.8 Å². The monoisotopic (exact) mass is 321 g/mol. The Balaban J connectivity index is 2.31. The van der Waals surface area contributed by atoms with Gasteiger partial charge in [-0.25, -0.2) is 0 Å². The number of benzene rings is 1. The number of nitrogen functional groups attached to an aromatic ring is 1. The van der Waals surface area contributed by atoms with Crippen molar-refractivity contribution in [3.8, 4) is 0 Å². The Labute approximate surface area is 122 Å². The fourth-order valence-electron chi connectivity index (χ4n) is 1.87. The minimum absolute atomic E-state index is 0.614. The third kappa shape index (κ3) is 3.18. The maximum absolute atomic E-state index is 6.01. The van der Waals surface area contributed by atoms with Gasteiger partial charge in [0.2, 0.25) is 0 Å². The molecule has 0 radical (unpaired) electrons. The lowest BCUT2D eigenvalue weighted by Gasteiger charge is -2.18. The van der Waals surface area contributed by atoms with E-state index in [0.717, 1.165) is 33.3 Å². The molecule has 1 heterocycles. The van der Waals surface area contributed by atoms with Crippen LogP contribution >= 0.6 is 15.9 Å². The second-order valence-electron chi connectivity index (χ2n) is 5.35. The number of nitrogens with one attached hydrogen (secondary N) is 1. The summed E-state index contributed by atoms with van der Waals surface area (Å²) in [6.45, 7) is 7.67. The van der Waals surface area contributed by atoms with Crippen molar-refractivity contribution in [1.82, 2.24) is 4.98 Å². The van der Waals surface area contributed by atoms with Crippen LogP contribution in [-0.4, -0.2) is 11.5 Å². The molecule has 0 aliphatic heterocycles. The van der Waals surface area contributed by atoms with Crippen molar-refractivity contribution in [2.45, 2.75) is 20.8 Å². The van der Waals surface area contributed by atoms with Crippen molar-refractivity contribution in [2.75, 3.05) is 17.6 Å². The molecule has 1 atom stereocenters. The fraction of sp³-hybridized carbons (Fsp3) is 0.400. The quantitative estimate of drug-likeness (QED) is 0.826. The van der Waals surface area contributed by atoms with Crippen molar-refractivity contribution in [3.63, 3.8) is 0 Å². The lowest BCUT2D eigenvalue weighted by atomic mass is 9.98. The molecule has 1 aromatic heterocycles. The Morgan fingerprint density at radius 2 is 2.05 bits per heavy atom. The lowest BCUT2D eigenvalue weighted by Crippen LogP contribution is -2.16. The van der Waals surface area contributed by atoms with E-state index in [9.17, 15) is 0 Å². The molecule has 19 heavy (non-hydrogen) atoms. The Hall–Kier alpha value is -1.29. The van der Waals surface area contributed by atoms with E-state index >= 15 is 0 Å². The number of halogens is 1. The molecule has 3 nitrogen and oxygen atoms in total. The van der Waals surface area contributed by atoms with Gasteiger partial charge in [-0.2, -0.15) is 0 Å². The van der Waals surface area contributed by atoms with Gasteiger partial charge in [-0.05, 0) is 46.0 Å². The molecule has 0 spiro atoms. The molecular formula is C15H20BrN3. The van der Waals surface area contributed by atoms with Crippen molar-refractivity contribution in [2.24, 2.45) is 11.8 Å². The summed E-state index contributed by atoms with van der Waals surface area (Å²) >= 11 is 3.43. The molecule has 0 aliphatic rings. The Bertz CT molecular complexity index is 581. The molecule has 1 unspecified atom stereocenters. The summed E-state index contributed by atoms with van der Waals surface area (Å²) in [5.74, 6) is 1.28. The van der Waals surface area contributed by atoms with Crippen molar-refractivity contribution in [3.05, 3.63) is 28.9 Å². The first-order valence-corrected chi connectivity index (χ1v) is 7.36. The molecule has 0 aliphatic carbocycles. The molecule has 0 amide bonds. The van der Waals surface area contributed by atoms with Crippen molar-refractivity contribution >= 4 is 38.2 Å². The Kier molecular flexibility index (Phi) is 4.30. The van der Waals surface area contributed by atoms with E-state index < -0.39 is 0 Å². The van der Waals surface area contributed by atoms with Gasteiger partial charge < -0.3 is 11.1 Å². The summed E-state index contributed by atoms with van der Waals surface area (Å²) in [7, 11) is 0. The van der Waals surface area contributed by atoms with Crippen LogP contribution in [0.1, 0.15) is 20.8 Å². The van der Waals surface area contributed by atoms with Crippen molar-refractivity contribution in [1.29, 1.82) is 0 Å². The van der Waals surface area contributed by atoms with Gasteiger partial charge in [0, 0.05) is 28.3 Å². The molecule has 2 aromatic rings. The maximum atomic E-state index is 6.01. The van der Waals surface area contributed by atoms with Gasteiger partial charge in [0.25, 0.3) is 0 Å². The van der Waals surface area contributed by atoms with Crippen LogP contribution in [0.2, 0.25) is 0 Å². The summed E-state index contributed by atoms with van der Waals surface area (Å²) in [6, 6.07) is 5.94. The Morgan fingerprint density at radius 1 is 1.32 bits per heavy atom. The third-order valence-corrected chi connectivity index (χ3v) is 4.04. The first-order valence-electron chi connectivity index (χ1n) is 6.56. The second kappa shape index (κ2) is 5.78. The van der Waals surface area contributed by atoms with Crippen molar-refractivity contribution < 1.29 is 0 Å². The zero-order chi connectivity index (χ0) is 14.0. The number of rotatable bonds is 4. The first kappa shape index (κ1) is 14.1. The largest absolute Gasteiger partial charge is 0.398 e. The average Bonchev–Trinajstić information content (AvgIpc) is 2.38. The van der Waals surface area contributed by atoms with E-state index in [2.05, 4.69) is 47.0 Å². The van der Waals surface area contributed by atoms with Crippen LogP contribution in [0.5, 0.6) is 0 Å². The van der Waals surface area contributed by atoms with E-state index in [0.29, 0.717) is 11.8 Å². The molecule has 0 fully saturated rings. The summed E-state index contributed by atoms with van der Waals surface area (Å²) in [5, 5.41) is 4.47. The summed E-state index contributed by atoms with van der Waals surface area (Å²) in [6.07, 6.45) is 1.80. The molecular weight excluding hydrogens is 302 g/mol. The van der Waals surface area contributed by atoms with E-state index in [1.807, 2.05) is 18.2 Å². The Morgan fingerprint density at radius 3 is 2.74 bits per heavy atom. The number of anilines is 2. The number of fused-ring (bicyclic) bond motifs is 1. The smallest absolute Gasteiger partial charge is 0.0954 e. The van der Waals surface area contributed by atoms with Gasteiger partial charge in [-0.3, -0.25) is 4.98 Å². The number of hydrogen-bond donors (Lipinski definition) is 2. The minimum Gasteiger partial charge on any atom is -0.398 e. The molecule has 3 N–H and O–H groups in total. The standard InChI is InChI=1S/C15H20BrN3/c1-9(2)10(3)7-18-14-5-4-13(17)12-6-11(16)8-19-15(12)14/h4-6,8-10,18H,7,17H2,1-3H3. The molecule has 102 valence electrons.